The topological polar surface area (TPSA) is 114 Å². The van der Waals surface area contributed by atoms with E-state index in [4.69, 9.17) is 17.3 Å². The van der Waals surface area contributed by atoms with Crippen LogP contribution in [-0.4, -0.2) is 22.7 Å². The van der Waals surface area contributed by atoms with E-state index in [1.807, 2.05) is 0 Å². The van der Waals surface area contributed by atoms with Crippen LogP contribution >= 0.6 is 11.6 Å². The van der Waals surface area contributed by atoms with E-state index >= 15 is 0 Å². The van der Waals surface area contributed by atoms with E-state index in [-0.39, 0.29) is 5.56 Å². The van der Waals surface area contributed by atoms with Crippen LogP contribution in [-0.2, 0) is 0 Å². The first-order valence-electron chi connectivity index (χ1n) is 8.17. The number of nitrogens with one attached hydrogen (secondary N) is 2. The van der Waals surface area contributed by atoms with Gasteiger partial charge in [-0.25, -0.2) is 4.98 Å². The molecule has 0 spiro atoms. The van der Waals surface area contributed by atoms with Gasteiger partial charge in [0.2, 0.25) is 5.91 Å². The highest BCUT2D eigenvalue weighted by Gasteiger charge is 2.15. The maximum atomic E-state index is 12.6. The molecular formula is C20H15ClN4O3. The molecule has 1 heterocycles. The van der Waals surface area contributed by atoms with E-state index in [0.717, 1.165) is 0 Å². The average molecular weight is 395 g/mol. The SMILES string of the molecule is NC(=O)c1ccc(C(=O)Nc2ccccc2C(=O)Nc2ccc(Cl)cn2)cc1. The molecule has 0 bridgehead atoms. The van der Waals surface area contributed by atoms with Crippen molar-refractivity contribution in [2.24, 2.45) is 5.73 Å². The number of nitrogens with zero attached hydrogens (tertiary/aromatic N) is 1. The maximum Gasteiger partial charge on any atom is 0.258 e. The molecule has 7 nitrogen and oxygen atoms in total. The van der Waals surface area contributed by atoms with Crippen LogP contribution in [0.2, 0.25) is 5.02 Å². The number of aromatic nitrogens is 1. The van der Waals surface area contributed by atoms with Crippen molar-refractivity contribution in [1.29, 1.82) is 0 Å². The van der Waals surface area contributed by atoms with Gasteiger partial charge in [-0.05, 0) is 48.5 Å². The predicted molar refractivity (Wildman–Crippen MR) is 107 cm³/mol. The molecule has 0 unspecified atom stereocenters. The van der Waals surface area contributed by atoms with Crippen LogP contribution in [0, 0.1) is 0 Å². The van der Waals surface area contributed by atoms with E-state index in [0.29, 0.717) is 27.7 Å². The molecule has 140 valence electrons. The second kappa shape index (κ2) is 8.32. The number of anilines is 2. The first kappa shape index (κ1) is 19.1. The minimum atomic E-state index is -0.579. The first-order valence-corrected chi connectivity index (χ1v) is 8.55. The largest absolute Gasteiger partial charge is 0.366 e. The van der Waals surface area contributed by atoms with Gasteiger partial charge in [-0.2, -0.15) is 0 Å². The Kier molecular flexibility index (Phi) is 5.67. The Morgan fingerprint density at radius 1 is 0.821 bits per heavy atom. The van der Waals surface area contributed by atoms with Crippen molar-refractivity contribution < 1.29 is 14.4 Å². The number of rotatable bonds is 5. The normalized spacial score (nSPS) is 10.2. The number of halogens is 1. The Hall–Kier alpha value is -3.71. The minimum absolute atomic E-state index is 0.265. The number of carbonyl (C=O) groups excluding carboxylic acids is 3. The number of benzene rings is 2. The van der Waals surface area contributed by atoms with Crippen molar-refractivity contribution in [3.8, 4) is 0 Å². The molecule has 3 amide bonds. The molecule has 0 radical (unpaired) electrons. The Morgan fingerprint density at radius 2 is 1.50 bits per heavy atom. The molecule has 0 aliphatic carbocycles. The fourth-order valence-corrected chi connectivity index (χ4v) is 2.52. The smallest absolute Gasteiger partial charge is 0.258 e. The van der Waals surface area contributed by atoms with Gasteiger partial charge >= 0.3 is 0 Å². The van der Waals surface area contributed by atoms with Gasteiger partial charge in [0.05, 0.1) is 16.3 Å². The summed E-state index contributed by atoms with van der Waals surface area (Å²) in [4.78, 5) is 40.2. The number of hydrogen-bond donors (Lipinski definition) is 3. The molecule has 0 aliphatic rings. The van der Waals surface area contributed by atoms with E-state index in [2.05, 4.69) is 15.6 Å². The van der Waals surface area contributed by atoms with Gasteiger partial charge in [-0.15, -0.1) is 0 Å². The Balaban J connectivity index is 1.77. The second-order valence-electron chi connectivity index (χ2n) is 5.76. The Bertz CT molecular complexity index is 1030. The summed E-state index contributed by atoms with van der Waals surface area (Å²) in [5.41, 5.74) is 6.41. The molecule has 4 N–H and O–H groups in total. The van der Waals surface area contributed by atoms with Gasteiger partial charge in [-0.1, -0.05) is 23.7 Å². The Labute approximate surface area is 165 Å². The zero-order valence-corrected chi connectivity index (χ0v) is 15.2. The summed E-state index contributed by atoms with van der Waals surface area (Å²) < 4.78 is 0. The van der Waals surface area contributed by atoms with Gasteiger partial charge in [0.15, 0.2) is 0 Å². The molecule has 0 saturated carbocycles. The highest BCUT2D eigenvalue weighted by atomic mass is 35.5. The zero-order valence-electron chi connectivity index (χ0n) is 14.5. The van der Waals surface area contributed by atoms with Crippen LogP contribution < -0.4 is 16.4 Å². The van der Waals surface area contributed by atoms with Crippen molar-refractivity contribution in [3.63, 3.8) is 0 Å². The van der Waals surface area contributed by atoms with Crippen LogP contribution in [0.3, 0.4) is 0 Å². The molecule has 0 aliphatic heterocycles. The highest BCUT2D eigenvalue weighted by molar-refractivity contribution is 6.30. The van der Waals surface area contributed by atoms with Crippen LogP contribution in [0.1, 0.15) is 31.1 Å². The number of nitrogens with two attached hydrogens (primary N) is 1. The molecule has 3 aromatic rings. The molecule has 0 atom stereocenters. The first-order chi connectivity index (χ1) is 13.4. The zero-order chi connectivity index (χ0) is 20.1. The lowest BCUT2D eigenvalue weighted by Crippen LogP contribution is -2.19. The van der Waals surface area contributed by atoms with Gasteiger partial charge < -0.3 is 16.4 Å². The number of primary amides is 1. The second-order valence-corrected chi connectivity index (χ2v) is 6.19. The lowest BCUT2D eigenvalue weighted by atomic mass is 10.1. The fourth-order valence-electron chi connectivity index (χ4n) is 2.40. The average Bonchev–Trinajstić information content (AvgIpc) is 2.70. The molecule has 3 rings (SSSR count). The summed E-state index contributed by atoms with van der Waals surface area (Å²) in [6.07, 6.45) is 1.42. The summed E-state index contributed by atoms with van der Waals surface area (Å²) in [7, 11) is 0. The summed E-state index contributed by atoms with van der Waals surface area (Å²) in [6.45, 7) is 0. The quantitative estimate of drug-likeness (QED) is 0.615. The fraction of sp³-hybridized carbons (Fsp3) is 0. The highest BCUT2D eigenvalue weighted by Crippen LogP contribution is 2.19. The third kappa shape index (κ3) is 4.52. The van der Waals surface area contributed by atoms with Crippen molar-refractivity contribution in [2.45, 2.75) is 0 Å². The van der Waals surface area contributed by atoms with E-state index in [1.165, 1.54) is 30.5 Å². The third-order valence-electron chi connectivity index (χ3n) is 3.82. The van der Waals surface area contributed by atoms with Crippen molar-refractivity contribution >= 4 is 40.8 Å². The molecule has 28 heavy (non-hydrogen) atoms. The Morgan fingerprint density at radius 3 is 2.14 bits per heavy atom. The number of carbonyl (C=O) groups is 3. The van der Waals surface area contributed by atoms with Crippen LogP contribution in [0.15, 0.2) is 66.9 Å². The van der Waals surface area contributed by atoms with E-state index in [9.17, 15) is 14.4 Å². The van der Waals surface area contributed by atoms with Crippen LogP contribution in [0.5, 0.6) is 0 Å². The lowest BCUT2D eigenvalue weighted by molar-refractivity contribution is 0.0993. The molecule has 0 fully saturated rings. The lowest BCUT2D eigenvalue weighted by Gasteiger charge is -2.11. The molecular weight excluding hydrogens is 380 g/mol. The number of amides is 3. The van der Waals surface area contributed by atoms with Crippen molar-refractivity contribution in [3.05, 3.63) is 88.6 Å². The molecule has 8 heteroatoms. The van der Waals surface area contributed by atoms with Gasteiger partial charge in [0.25, 0.3) is 11.8 Å². The van der Waals surface area contributed by atoms with Gasteiger partial charge in [0, 0.05) is 17.3 Å². The predicted octanol–water partition coefficient (Wildman–Crippen LogP) is 3.34. The van der Waals surface area contributed by atoms with E-state index < -0.39 is 17.7 Å². The van der Waals surface area contributed by atoms with Crippen LogP contribution in [0.25, 0.3) is 0 Å². The van der Waals surface area contributed by atoms with Crippen LogP contribution in [0.4, 0.5) is 11.5 Å². The summed E-state index contributed by atoms with van der Waals surface area (Å²) >= 11 is 5.78. The molecule has 2 aromatic carbocycles. The number of hydrogen-bond acceptors (Lipinski definition) is 4. The van der Waals surface area contributed by atoms with Gasteiger partial charge in [0.1, 0.15) is 5.82 Å². The summed E-state index contributed by atoms with van der Waals surface area (Å²) in [5.74, 6) is -1.11. The monoisotopic (exact) mass is 394 g/mol. The summed E-state index contributed by atoms with van der Waals surface area (Å²) in [6, 6.07) is 15.6. The van der Waals surface area contributed by atoms with E-state index in [1.54, 1.807) is 36.4 Å². The number of pyridine rings is 1. The van der Waals surface area contributed by atoms with Crippen molar-refractivity contribution in [2.75, 3.05) is 10.6 Å². The van der Waals surface area contributed by atoms with Gasteiger partial charge in [-0.3, -0.25) is 14.4 Å². The number of para-hydroxylation sites is 1. The molecule has 1 aromatic heterocycles. The molecule has 0 saturated heterocycles. The standard InChI is InChI=1S/C20H15ClN4O3/c21-14-9-10-17(23-11-14)25-20(28)15-3-1-2-4-16(15)24-19(27)13-7-5-12(6-8-13)18(22)26/h1-11H,(H2,22,26)(H,24,27)(H,23,25,28). The minimum Gasteiger partial charge on any atom is -0.366 e. The van der Waals surface area contributed by atoms with Crippen molar-refractivity contribution in [1.82, 2.24) is 4.98 Å². The third-order valence-corrected chi connectivity index (χ3v) is 4.04. The summed E-state index contributed by atoms with van der Waals surface area (Å²) in [5, 5.41) is 5.79. The maximum absolute atomic E-state index is 12.6.